The summed E-state index contributed by atoms with van der Waals surface area (Å²) in [6.45, 7) is 0. The quantitative estimate of drug-likeness (QED) is 0.474. The molecule has 4 aromatic rings. The van der Waals surface area contributed by atoms with Gasteiger partial charge in [0.15, 0.2) is 5.58 Å². The van der Waals surface area contributed by atoms with Crippen LogP contribution in [-0.2, 0) is 0 Å². The highest BCUT2D eigenvalue weighted by Gasteiger charge is 2.08. The fraction of sp³-hybridized carbons (Fsp3) is 0. The summed E-state index contributed by atoms with van der Waals surface area (Å²) in [7, 11) is 0. The maximum absolute atomic E-state index is 6.01. The van der Waals surface area contributed by atoms with Crippen molar-refractivity contribution in [1.82, 2.24) is 4.98 Å². The Hall–Kier alpha value is -1.93. The van der Waals surface area contributed by atoms with E-state index in [9.17, 15) is 0 Å². The summed E-state index contributed by atoms with van der Waals surface area (Å²) in [5.41, 5.74) is 1.81. The van der Waals surface area contributed by atoms with Gasteiger partial charge >= 0.3 is 0 Å². The number of hydrogen-bond acceptors (Lipinski definition) is 1. The van der Waals surface area contributed by atoms with Crippen molar-refractivity contribution in [3.05, 3.63) is 47.7 Å². The highest BCUT2D eigenvalue weighted by Crippen LogP contribution is 2.32. The van der Waals surface area contributed by atoms with Crippen molar-refractivity contribution < 1.29 is 4.42 Å². The molecule has 4 rings (SSSR count). The van der Waals surface area contributed by atoms with Gasteiger partial charge in [-0.05, 0) is 35.0 Å². The van der Waals surface area contributed by atoms with Crippen LogP contribution in [0.5, 0.6) is 0 Å². The fourth-order valence-electron chi connectivity index (χ4n) is 2.31. The fourth-order valence-corrected chi connectivity index (χ4v) is 2.49. The van der Waals surface area contributed by atoms with Crippen LogP contribution in [0.2, 0.25) is 5.02 Å². The van der Waals surface area contributed by atoms with Crippen LogP contribution in [0.4, 0.5) is 0 Å². The van der Waals surface area contributed by atoms with Gasteiger partial charge in [0.2, 0.25) is 0 Å². The van der Waals surface area contributed by atoms with E-state index in [2.05, 4.69) is 17.1 Å². The summed E-state index contributed by atoms with van der Waals surface area (Å²) >= 11 is 6.01. The third-order valence-electron chi connectivity index (χ3n) is 3.12. The average Bonchev–Trinajstić information content (AvgIpc) is 2.87. The van der Waals surface area contributed by atoms with Crippen LogP contribution >= 0.6 is 11.6 Å². The molecule has 2 aromatic carbocycles. The Morgan fingerprint density at radius 3 is 2.76 bits per heavy atom. The average molecular weight is 242 g/mol. The molecule has 0 amide bonds. The predicted octanol–water partition coefficient (Wildman–Crippen LogP) is 4.72. The second kappa shape index (κ2) is 3.05. The van der Waals surface area contributed by atoms with Gasteiger partial charge in [-0.15, -0.1) is 0 Å². The van der Waals surface area contributed by atoms with Crippen LogP contribution in [0.1, 0.15) is 0 Å². The second-order valence-corrected chi connectivity index (χ2v) is 4.61. The number of rotatable bonds is 0. The standard InChI is InChI=1S/C14H8ClNO/c15-10-2-1-8-5-13-11(4-9(8)3-10)12-6-16-7-14(12)17-13/h1-7,16H. The number of fused-ring (bicyclic) bond motifs is 4. The predicted molar refractivity (Wildman–Crippen MR) is 70.6 cm³/mol. The van der Waals surface area contributed by atoms with Crippen LogP contribution in [-0.4, -0.2) is 4.98 Å². The summed E-state index contributed by atoms with van der Waals surface area (Å²) in [6.07, 6.45) is 3.82. The minimum Gasteiger partial charge on any atom is -0.454 e. The summed E-state index contributed by atoms with van der Waals surface area (Å²) in [6, 6.07) is 10.1. The van der Waals surface area contributed by atoms with E-state index in [1.54, 1.807) is 0 Å². The Morgan fingerprint density at radius 2 is 1.82 bits per heavy atom. The molecule has 0 aliphatic rings. The highest BCUT2D eigenvalue weighted by atomic mass is 35.5. The zero-order valence-electron chi connectivity index (χ0n) is 8.83. The number of halogens is 1. The van der Waals surface area contributed by atoms with Gasteiger partial charge in [-0.3, -0.25) is 0 Å². The molecule has 17 heavy (non-hydrogen) atoms. The van der Waals surface area contributed by atoms with Crippen molar-refractivity contribution in [2.24, 2.45) is 0 Å². The van der Waals surface area contributed by atoms with Gasteiger partial charge < -0.3 is 9.40 Å². The lowest BCUT2D eigenvalue weighted by Crippen LogP contribution is -1.73. The lowest BCUT2D eigenvalue weighted by molar-refractivity contribution is 0.669. The van der Waals surface area contributed by atoms with E-state index in [1.165, 1.54) is 0 Å². The molecule has 0 radical (unpaired) electrons. The first-order valence-electron chi connectivity index (χ1n) is 5.39. The zero-order valence-corrected chi connectivity index (χ0v) is 9.58. The lowest BCUT2D eigenvalue weighted by atomic mass is 10.1. The van der Waals surface area contributed by atoms with Gasteiger partial charge in [-0.2, -0.15) is 0 Å². The molecule has 0 unspecified atom stereocenters. The van der Waals surface area contributed by atoms with Crippen LogP contribution < -0.4 is 0 Å². The SMILES string of the molecule is Clc1ccc2cc3oc4c[nH]cc4c3cc2c1. The number of benzene rings is 2. The third kappa shape index (κ3) is 1.22. The molecule has 2 aromatic heterocycles. The lowest BCUT2D eigenvalue weighted by Gasteiger charge is -1.98. The van der Waals surface area contributed by atoms with E-state index >= 15 is 0 Å². The number of aromatic amines is 1. The smallest absolute Gasteiger partial charge is 0.152 e. The number of aromatic nitrogens is 1. The van der Waals surface area contributed by atoms with E-state index < -0.39 is 0 Å². The van der Waals surface area contributed by atoms with Gasteiger partial charge in [0.1, 0.15) is 5.58 Å². The van der Waals surface area contributed by atoms with Crippen molar-refractivity contribution in [2.45, 2.75) is 0 Å². The molecule has 3 heteroatoms. The summed E-state index contributed by atoms with van der Waals surface area (Å²) in [5, 5.41) is 5.26. The van der Waals surface area contributed by atoms with Crippen molar-refractivity contribution in [1.29, 1.82) is 0 Å². The van der Waals surface area contributed by atoms with E-state index in [1.807, 2.05) is 30.6 Å². The molecular formula is C14H8ClNO. The Kier molecular flexibility index (Phi) is 1.64. The van der Waals surface area contributed by atoms with Crippen molar-refractivity contribution in [3.8, 4) is 0 Å². The minimum absolute atomic E-state index is 0.755. The Labute approximate surface area is 102 Å². The van der Waals surface area contributed by atoms with E-state index in [-0.39, 0.29) is 0 Å². The molecule has 0 fully saturated rings. The van der Waals surface area contributed by atoms with Crippen LogP contribution in [0.25, 0.3) is 32.7 Å². The first-order valence-corrected chi connectivity index (χ1v) is 5.77. The first kappa shape index (κ1) is 9.14. The zero-order chi connectivity index (χ0) is 11.4. The molecule has 2 heterocycles. The normalized spacial score (nSPS) is 11.8. The Morgan fingerprint density at radius 1 is 0.882 bits per heavy atom. The van der Waals surface area contributed by atoms with Gasteiger partial charge in [-0.1, -0.05) is 17.7 Å². The first-order chi connectivity index (χ1) is 8.31. The number of furan rings is 1. The van der Waals surface area contributed by atoms with Crippen LogP contribution in [0.15, 0.2) is 47.1 Å². The molecule has 0 spiro atoms. The number of hydrogen-bond donors (Lipinski definition) is 1. The van der Waals surface area contributed by atoms with Crippen molar-refractivity contribution in [3.63, 3.8) is 0 Å². The molecule has 0 aliphatic heterocycles. The van der Waals surface area contributed by atoms with Crippen LogP contribution in [0, 0.1) is 0 Å². The third-order valence-corrected chi connectivity index (χ3v) is 3.35. The van der Waals surface area contributed by atoms with Gasteiger partial charge in [-0.25, -0.2) is 0 Å². The molecule has 2 nitrogen and oxygen atoms in total. The molecular weight excluding hydrogens is 234 g/mol. The molecule has 0 saturated carbocycles. The molecule has 0 aliphatic carbocycles. The summed E-state index contributed by atoms with van der Waals surface area (Å²) in [5.74, 6) is 0. The molecule has 1 N–H and O–H groups in total. The largest absolute Gasteiger partial charge is 0.454 e. The number of H-pyrrole nitrogens is 1. The topological polar surface area (TPSA) is 28.9 Å². The second-order valence-electron chi connectivity index (χ2n) is 4.18. The Bertz CT molecular complexity index is 856. The summed E-state index contributed by atoms with van der Waals surface area (Å²) in [4.78, 5) is 3.05. The monoisotopic (exact) mass is 241 g/mol. The maximum atomic E-state index is 6.01. The van der Waals surface area contributed by atoms with E-state index in [4.69, 9.17) is 16.0 Å². The van der Waals surface area contributed by atoms with Gasteiger partial charge in [0, 0.05) is 28.2 Å². The molecule has 82 valence electrons. The molecule has 0 saturated heterocycles. The van der Waals surface area contributed by atoms with Crippen molar-refractivity contribution in [2.75, 3.05) is 0 Å². The maximum Gasteiger partial charge on any atom is 0.152 e. The summed E-state index contributed by atoms with van der Waals surface area (Å²) < 4.78 is 5.77. The minimum atomic E-state index is 0.755. The number of nitrogens with one attached hydrogen (secondary N) is 1. The van der Waals surface area contributed by atoms with Gasteiger partial charge in [0.05, 0.1) is 0 Å². The van der Waals surface area contributed by atoms with Crippen LogP contribution in [0.3, 0.4) is 0 Å². The van der Waals surface area contributed by atoms with Gasteiger partial charge in [0.25, 0.3) is 0 Å². The molecule has 0 atom stereocenters. The molecule has 0 bridgehead atoms. The Balaban J connectivity index is 2.25. The van der Waals surface area contributed by atoms with E-state index in [0.717, 1.165) is 37.7 Å². The van der Waals surface area contributed by atoms with Crippen molar-refractivity contribution >= 4 is 44.3 Å². The highest BCUT2D eigenvalue weighted by molar-refractivity contribution is 6.31. The van der Waals surface area contributed by atoms with E-state index in [0.29, 0.717) is 0 Å².